The molecule has 0 aliphatic carbocycles. The van der Waals surface area contributed by atoms with Crippen LogP contribution in [0.5, 0.6) is 0 Å². The first kappa shape index (κ1) is 29.9. The van der Waals surface area contributed by atoms with Crippen LogP contribution in [0.25, 0.3) is 0 Å². The van der Waals surface area contributed by atoms with Gasteiger partial charge in [0.1, 0.15) is 12.6 Å². The lowest BCUT2D eigenvalue weighted by Gasteiger charge is -2.35. The lowest BCUT2D eigenvalue weighted by atomic mass is 10.1. The van der Waals surface area contributed by atoms with Crippen LogP contribution in [-0.2, 0) is 26.3 Å². The van der Waals surface area contributed by atoms with E-state index in [1.807, 2.05) is 20.8 Å². The van der Waals surface area contributed by atoms with Crippen LogP contribution in [0, 0.1) is 0 Å². The average Bonchev–Trinajstić information content (AvgIpc) is 2.78. The third-order valence-electron chi connectivity index (χ3n) is 5.34. The molecule has 0 heterocycles. The van der Waals surface area contributed by atoms with Gasteiger partial charge >= 0.3 is 10.2 Å². The van der Waals surface area contributed by atoms with Gasteiger partial charge in [0.15, 0.2) is 0 Å². The Bertz CT molecular complexity index is 1150. The third-order valence-corrected chi connectivity index (χ3v) is 7.87. The molecule has 0 spiro atoms. The highest BCUT2D eigenvalue weighted by Crippen LogP contribution is 2.28. The van der Waals surface area contributed by atoms with Crippen molar-refractivity contribution < 1.29 is 18.0 Å². The summed E-state index contributed by atoms with van der Waals surface area (Å²) in [5, 5.41) is 3.60. The Balaban J connectivity index is 2.56. The van der Waals surface area contributed by atoms with Crippen molar-refractivity contribution in [2.75, 3.05) is 24.9 Å². The molecule has 1 N–H and O–H groups in total. The van der Waals surface area contributed by atoms with E-state index in [-0.39, 0.29) is 12.5 Å². The molecule has 0 aliphatic rings. The largest absolute Gasteiger partial charge is 0.350 e. The summed E-state index contributed by atoms with van der Waals surface area (Å²) in [4.78, 5) is 28.4. The molecular formula is C25H34Cl2N4O4S. The Kier molecular flexibility index (Phi) is 10.2. The van der Waals surface area contributed by atoms with E-state index in [0.29, 0.717) is 27.7 Å². The molecule has 0 radical (unpaired) electrons. The number of anilines is 1. The van der Waals surface area contributed by atoms with Gasteiger partial charge in [0.05, 0.1) is 5.69 Å². The van der Waals surface area contributed by atoms with E-state index in [1.165, 1.54) is 19.0 Å². The molecule has 11 heteroatoms. The van der Waals surface area contributed by atoms with Gasteiger partial charge < -0.3 is 10.2 Å². The molecule has 2 aromatic carbocycles. The number of para-hydroxylation sites is 1. The smallest absolute Gasteiger partial charge is 0.304 e. The van der Waals surface area contributed by atoms with Gasteiger partial charge in [0.2, 0.25) is 11.8 Å². The lowest BCUT2D eigenvalue weighted by Crippen LogP contribution is -2.55. The molecule has 2 rings (SSSR count). The van der Waals surface area contributed by atoms with Gasteiger partial charge in [0.25, 0.3) is 0 Å². The number of benzene rings is 2. The maximum absolute atomic E-state index is 13.8. The van der Waals surface area contributed by atoms with Crippen molar-refractivity contribution in [3.8, 4) is 0 Å². The highest BCUT2D eigenvalue weighted by Gasteiger charge is 2.35. The molecule has 0 saturated carbocycles. The standard InChI is InChI=1S/C25H34Cl2N4O4S/c1-7-22(24(33)28-25(2,3)4)30(16-19-20(26)14-11-15-21(19)27)23(32)17-31(36(34,35)29(5)6)18-12-9-8-10-13-18/h8-15,22H,7,16-17H2,1-6H3,(H,28,33). The molecule has 0 aliphatic heterocycles. The molecule has 36 heavy (non-hydrogen) atoms. The topological polar surface area (TPSA) is 90.0 Å². The minimum atomic E-state index is -4.02. The number of hydrogen-bond donors (Lipinski definition) is 1. The molecule has 2 amide bonds. The van der Waals surface area contributed by atoms with Gasteiger partial charge in [-0.25, -0.2) is 4.31 Å². The van der Waals surface area contributed by atoms with Crippen LogP contribution >= 0.6 is 23.2 Å². The summed E-state index contributed by atoms with van der Waals surface area (Å²) in [6.07, 6.45) is 0.293. The zero-order valence-corrected chi connectivity index (χ0v) is 23.8. The molecule has 1 unspecified atom stereocenters. The quantitative estimate of drug-likeness (QED) is 0.471. The van der Waals surface area contributed by atoms with Crippen molar-refractivity contribution in [3.05, 3.63) is 64.1 Å². The predicted molar refractivity (Wildman–Crippen MR) is 145 cm³/mol. The second kappa shape index (κ2) is 12.3. The van der Waals surface area contributed by atoms with E-state index < -0.39 is 34.2 Å². The summed E-state index contributed by atoms with van der Waals surface area (Å²) in [5.74, 6) is -0.931. The van der Waals surface area contributed by atoms with Crippen LogP contribution in [0.15, 0.2) is 48.5 Å². The van der Waals surface area contributed by atoms with Crippen LogP contribution < -0.4 is 9.62 Å². The highest BCUT2D eigenvalue weighted by atomic mass is 35.5. The SMILES string of the molecule is CCC(C(=O)NC(C)(C)C)N(Cc1c(Cl)cccc1Cl)C(=O)CN(c1ccccc1)S(=O)(=O)N(C)C. The Morgan fingerprint density at radius 1 is 0.972 bits per heavy atom. The Morgan fingerprint density at radius 2 is 1.53 bits per heavy atom. The van der Waals surface area contributed by atoms with Gasteiger partial charge in [-0.3, -0.25) is 9.59 Å². The first-order valence-electron chi connectivity index (χ1n) is 11.5. The molecule has 8 nitrogen and oxygen atoms in total. The molecule has 0 aromatic heterocycles. The summed E-state index contributed by atoms with van der Waals surface area (Å²) in [5.41, 5.74) is 0.256. The fourth-order valence-electron chi connectivity index (χ4n) is 3.54. The van der Waals surface area contributed by atoms with E-state index in [0.717, 1.165) is 8.61 Å². The number of amides is 2. The summed E-state index contributed by atoms with van der Waals surface area (Å²) >= 11 is 12.8. The Morgan fingerprint density at radius 3 is 2.00 bits per heavy atom. The second-order valence-electron chi connectivity index (χ2n) is 9.52. The van der Waals surface area contributed by atoms with E-state index in [1.54, 1.807) is 55.5 Å². The van der Waals surface area contributed by atoms with Gasteiger partial charge in [-0.05, 0) is 51.5 Å². The molecule has 1 atom stereocenters. The monoisotopic (exact) mass is 556 g/mol. The maximum atomic E-state index is 13.8. The van der Waals surface area contributed by atoms with Crippen LogP contribution in [0.3, 0.4) is 0 Å². The van der Waals surface area contributed by atoms with Crippen molar-refractivity contribution in [1.82, 2.24) is 14.5 Å². The zero-order chi connectivity index (χ0) is 27.3. The summed E-state index contributed by atoms with van der Waals surface area (Å²) in [6.45, 7) is 6.72. The average molecular weight is 558 g/mol. The summed E-state index contributed by atoms with van der Waals surface area (Å²) in [6, 6.07) is 12.4. The van der Waals surface area contributed by atoms with E-state index in [2.05, 4.69) is 5.32 Å². The van der Waals surface area contributed by atoms with Gasteiger partial charge in [-0.15, -0.1) is 0 Å². The normalized spacial score (nSPS) is 12.8. The molecule has 0 bridgehead atoms. The van der Waals surface area contributed by atoms with Crippen LogP contribution in [0.1, 0.15) is 39.7 Å². The van der Waals surface area contributed by atoms with Gasteiger partial charge in [0, 0.05) is 41.8 Å². The van der Waals surface area contributed by atoms with Crippen LogP contribution in [0.2, 0.25) is 10.0 Å². The van der Waals surface area contributed by atoms with E-state index in [9.17, 15) is 18.0 Å². The van der Waals surface area contributed by atoms with Gasteiger partial charge in [-0.2, -0.15) is 12.7 Å². The molecule has 198 valence electrons. The van der Waals surface area contributed by atoms with Gasteiger partial charge in [-0.1, -0.05) is 54.4 Å². The first-order valence-corrected chi connectivity index (χ1v) is 13.6. The Labute approximate surface area is 224 Å². The van der Waals surface area contributed by atoms with E-state index in [4.69, 9.17) is 23.2 Å². The van der Waals surface area contributed by atoms with Crippen molar-refractivity contribution in [1.29, 1.82) is 0 Å². The number of rotatable bonds is 10. The molecule has 0 fully saturated rings. The number of nitrogens with zero attached hydrogens (tertiary/aromatic N) is 3. The number of nitrogens with one attached hydrogen (secondary N) is 1. The predicted octanol–water partition coefficient (Wildman–Crippen LogP) is 4.33. The molecule has 0 saturated heterocycles. The Hall–Kier alpha value is -2.33. The third kappa shape index (κ3) is 7.59. The highest BCUT2D eigenvalue weighted by molar-refractivity contribution is 7.90. The minimum Gasteiger partial charge on any atom is -0.350 e. The number of halogens is 2. The molecule has 2 aromatic rings. The fraction of sp³-hybridized carbons (Fsp3) is 0.440. The van der Waals surface area contributed by atoms with E-state index >= 15 is 0 Å². The zero-order valence-electron chi connectivity index (χ0n) is 21.5. The van der Waals surface area contributed by atoms with Crippen molar-refractivity contribution >= 4 is 50.9 Å². The second-order valence-corrected chi connectivity index (χ2v) is 12.4. The van der Waals surface area contributed by atoms with Crippen molar-refractivity contribution in [2.24, 2.45) is 0 Å². The lowest BCUT2D eigenvalue weighted by molar-refractivity contribution is -0.141. The number of hydrogen-bond acceptors (Lipinski definition) is 4. The number of carbonyl (C=O) groups excluding carboxylic acids is 2. The van der Waals surface area contributed by atoms with Crippen LogP contribution in [0.4, 0.5) is 5.69 Å². The first-order chi connectivity index (χ1) is 16.7. The maximum Gasteiger partial charge on any atom is 0.304 e. The van der Waals surface area contributed by atoms with Crippen molar-refractivity contribution in [2.45, 2.75) is 52.2 Å². The molecular weight excluding hydrogens is 523 g/mol. The minimum absolute atomic E-state index is 0.0714. The van der Waals surface area contributed by atoms with Crippen LogP contribution in [-0.4, -0.2) is 61.7 Å². The number of carbonyl (C=O) groups is 2. The van der Waals surface area contributed by atoms with Crippen molar-refractivity contribution in [3.63, 3.8) is 0 Å². The summed E-state index contributed by atoms with van der Waals surface area (Å²) in [7, 11) is -1.24. The summed E-state index contributed by atoms with van der Waals surface area (Å²) < 4.78 is 28.4. The fourth-order valence-corrected chi connectivity index (χ4v) is 5.11.